The minimum atomic E-state index is -4.06. The van der Waals surface area contributed by atoms with E-state index >= 15 is 0 Å². The highest BCUT2D eigenvalue weighted by atomic mass is 19.4. The highest BCUT2D eigenvalue weighted by Gasteiger charge is 2.29. The molecule has 0 spiro atoms. The molecular weight excluding hydrogens is 233 g/mol. The first-order valence-corrected chi connectivity index (χ1v) is 6.10. The van der Waals surface area contributed by atoms with Crippen molar-refractivity contribution in [3.05, 3.63) is 0 Å². The van der Waals surface area contributed by atoms with Crippen molar-refractivity contribution < 1.29 is 18.3 Å². The second-order valence-electron chi connectivity index (χ2n) is 4.49. The number of alkyl halides is 3. The maximum atomic E-state index is 12.1. The average Bonchev–Trinajstić information content (AvgIpc) is 2.29. The van der Waals surface area contributed by atoms with E-state index in [1.54, 1.807) is 0 Å². The lowest BCUT2D eigenvalue weighted by atomic mass is 10.1. The second-order valence-corrected chi connectivity index (χ2v) is 4.49. The molecule has 1 fully saturated rings. The van der Waals surface area contributed by atoms with Gasteiger partial charge in [0.1, 0.15) is 0 Å². The van der Waals surface area contributed by atoms with Crippen LogP contribution in [0, 0.1) is 0 Å². The molecule has 6 heteroatoms. The van der Waals surface area contributed by atoms with E-state index in [0.717, 1.165) is 19.5 Å². The molecule has 0 amide bonds. The molecule has 1 N–H and O–H groups in total. The molecular formula is C11H21F3N2O. The number of aliphatic hydroxyl groups is 1. The summed E-state index contributed by atoms with van der Waals surface area (Å²) in [6.45, 7) is 5.04. The average molecular weight is 254 g/mol. The molecule has 1 rings (SSSR count). The summed E-state index contributed by atoms with van der Waals surface area (Å²) in [6, 6.07) is 0.153. The first kappa shape index (κ1) is 14.7. The lowest BCUT2D eigenvalue weighted by Gasteiger charge is -2.38. The molecule has 0 aliphatic carbocycles. The van der Waals surface area contributed by atoms with Crippen LogP contribution in [0.15, 0.2) is 0 Å². The van der Waals surface area contributed by atoms with Crippen molar-refractivity contribution in [3.63, 3.8) is 0 Å². The number of rotatable bonds is 5. The second kappa shape index (κ2) is 6.56. The van der Waals surface area contributed by atoms with Crippen LogP contribution in [-0.2, 0) is 0 Å². The van der Waals surface area contributed by atoms with Crippen LogP contribution in [0.1, 0.15) is 19.8 Å². The molecule has 102 valence electrons. The topological polar surface area (TPSA) is 26.7 Å². The summed E-state index contributed by atoms with van der Waals surface area (Å²) in [6.07, 6.45) is -3.92. The third-order valence-corrected chi connectivity index (χ3v) is 3.32. The standard InChI is InChI=1S/C11H21F3N2O/c1-2-10(9-17)16-7-5-15(6-8-16)4-3-11(12,13)14/h10,17H,2-9H2,1H3. The summed E-state index contributed by atoms with van der Waals surface area (Å²) in [5, 5.41) is 9.15. The molecule has 0 aromatic rings. The van der Waals surface area contributed by atoms with Crippen molar-refractivity contribution in [1.82, 2.24) is 9.80 Å². The molecule has 1 aliphatic heterocycles. The minimum Gasteiger partial charge on any atom is -0.395 e. The van der Waals surface area contributed by atoms with Gasteiger partial charge in [0.05, 0.1) is 13.0 Å². The van der Waals surface area contributed by atoms with Gasteiger partial charge in [-0.05, 0) is 6.42 Å². The van der Waals surface area contributed by atoms with Gasteiger partial charge in [-0.3, -0.25) is 4.90 Å². The SMILES string of the molecule is CCC(CO)N1CCN(CCC(F)(F)F)CC1. The molecule has 1 aliphatic rings. The van der Waals surface area contributed by atoms with E-state index in [2.05, 4.69) is 4.90 Å². The van der Waals surface area contributed by atoms with Crippen molar-refractivity contribution in [3.8, 4) is 0 Å². The summed E-state index contributed by atoms with van der Waals surface area (Å²) in [5.41, 5.74) is 0. The van der Waals surface area contributed by atoms with E-state index in [1.807, 2.05) is 11.8 Å². The largest absolute Gasteiger partial charge is 0.395 e. The van der Waals surface area contributed by atoms with Crippen LogP contribution >= 0.6 is 0 Å². The van der Waals surface area contributed by atoms with Gasteiger partial charge in [0.15, 0.2) is 0 Å². The lowest BCUT2D eigenvalue weighted by molar-refractivity contribution is -0.139. The van der Waals surface area contributed by atoms with Crippen molar-refractivity contribution in [2.24, 2.45) is 0 Å². The van der Waals surface area contributed by atoms with Crippen molar-refractivity contribution in [2.45, 2.75) is 32.0 Å². The molecule has 0 bridgehead atoms. The fourth-order valence-corrected chi connectivity index (χ4v) is 2.14. The smallest absolute Gasteiger partial charge is 0.390 e. The third kappa shape index (κ3) is 5.23. The van der Waals surface area contributed by atoms with Gasteiger partial charge in [0, 0.05) is 38.8 Å². The monoisotopic (exact) mass is 254 g/mol. The molecule has 0 saturated carbocycles. The molecule has 17 heavy (non-hydrogen) atoms. The normalized spacial score (nSPS) is 21.7. The molecule has 1 saturated heterocycles. The van der Waals surface area contributed by atoms with Gasteiger partial charge in [-0.15, -0.1) is 0 Å². The van der Waals surface area contributed by atoms with Gasteiger partial charge in [0.25, 0.3) is 0 Å². The Labute approximate surface area is 100 Å². The first-order valence-electron chi connectivity index (χ1n) is 6.10. The van der Waals surface area contributed by atoms with Gasteiger partial charge < -0.3 is 10.0 Å². The zero-order valence-electron chi connectivity index (χ0n) is 10.2. The highest BCUT2D eigenvalue weighted by molar-refractivity contribution is 4.77. The Kier molecular flexibility index (Phi) is 5.69. The van der Waals surface area contributed by atoms with Gasteiger partial charge in [-0.1, -0.05) is 6.92 Å². The number of nitrogens with zero attached hydrogens (tertiary/aromatic N) is 2. The molecule has 0 aromatic carbocycles. The van der Waals surface area contributed by atoms with E-state index < -0.39 is 12.6 Å². The van der Waals surface area contributed by atoms with Gasteiger partial charge in [-0.2, -0.15) is 13.2 Å². The zero-order chi connectivity index (χ0) is 12.9. The van der Waals surface area contributed by atoms with Gasteiger partial charge >= 0.3 is 6.18 Å². The zero-order valence-corrected chi connectivity index (χ0v) is 10.2. The van der Waals surface area contributed by atoms with Crippen molar-refractivity contribution in [2.75, 3.05) is 39.3 Å². The Morgan fingerprint density at radius 2 is 1.76 bits per heavy atom. The fourth-order valence-electron chi connectivity index (χ4n) is 2.14. The van der Waals surface area contributed by atoms with Crippen LogP contribution in [0.2, 0.25) is 0 Å². The van der Waals surface area contributed by atoms with Gasteiger partial charge in [-0.25, -0.2) is 0 Å². The maximum absolute atomic E-state index is 12.1. The van der Waals surface area contributed by atoms with Crippen LogP contribution in [0.25, 0.3) is 0 Å². The molecule has 1 heterocycles. The van der Waals surface area contributed by atoms with Crippen LogP contribution in [0.4, 0.5) is 13.2 Å². The van der Waals surface area contributed by atoms with Crippen LogP contribution in [0.5, 0.6) is 0 Å². The Balaban J connectivity index is 2.26. The quantitative estimate of drug-likeness (QED) is 0.801. The summed E-state index contributed by atoms with van der Waals surface area (Å²) in [4.78, 5) is 4.00. The summed E-state index contributed by atoms with van der Waals surface area (Å²) < 4.78 is 36.2. The number of hydrogen-bond donors (Lipinski definition) is 1. The molecule has 1 unspecified atom stereocenters. The number of hydrogen-bond acceptors (Lipinski definition) is 3. The van der Waals surface area contributed by atoms with Crippen LogP contribution < -0.4 is 0 Å². The number of aliphatic hydroxyl groups excluding tert-OH is 1. The summed E-state index contributed by atoms with van der Waals surface area (Å²) >= 11 is 0. The van der Waals surface area contributed by atoms with Crippen LogP contribution in [-0.4, -0.2) is 66.5 Å². The van der Waals surface area contributed by atoms with E-state index in [9.17, 15) is 13.2 Å². The Hall–Kier alpha value is -0.330. The van der Waals surface area contributed by atoms with E-state index in [1.165, 1.54) is 0 Å². The van der Waals surface area contributed by atoms with Gasteiger partial charge in [0.2, 0.25) is 0 Å². The van der Waals surface area contributed by atoms with Crippen molar-refractivity contribution in [1.29, 1.82) is 0 Å². The maximum Gasteiger partial charge on any atom is 0.390 e. The van der Waals surface area contributed by atoms with E-state index in [4.69, 9.17) is 5.11 Å². The number of piperazine rings is 1. The molecule has 1 atom stereocenters. The Morgan fingerprint density at radius 3 is 2.18 bits per heavy atom. The summed E-state index contributed by atoms with van der Waals surface area (Å²) in [7, 11) is 0. The summed E-state index contributed by atoms with van der Waals surface area (Å²) in [5.74, 6) is 0. The predicted octanol–water partition coefficient (Wildman–Crippen LogP) is 1.33. The Bertz CT molecular complexity index is 211. The molecule has 3 nitrogen and oxygen atoms in total. The Morgan fingerprint density at radius 1 is 1.18 bits per heavy atom. The van der Waals surface area contributed by atoms with Crippen molar-refractivity contribution >= 4 is 0 Å². The predicted molar refractivity (Wildman–Crippen MR) is 59.8 cm³/mol. The van der Waals surface area contributed by atoms with E-state index in [-0.39, 0.29) is 19.2 Å². The minimum absolute atomic E-state index is 0.0905. The molecule has 0 radical (unpaired) electrons. The third-order valence-electron chi connectivity index (χ3n) is 3.32. The lowest BCUT2D eigenvalue weighted by Crippen LogP contribution is -2.51. The highest BCUT2D eigenvalue weighted by Crippen LogP contribution is 2.20. The first-order chi connectivity index (χ1) is 7.96. The fraction of sp³-hybridized carbons (Fsp3) is 1.00. The van der Waals surface area contributed by atoms with Crippen LogP contribution in [0.3, 0.4) is 0 Å². The van der Waals surface area contributed by atoms with E-state index in [0.29, 0.717) is 13.1 Å². The number of halogens is 3. The molecule has 0 aromatic heterocycles.